The molecule has 0 aliphatic carbocycles. The van der Waals surface area contributed by atoms with E-state index in [0.29, 0.717) is 48.4 Å². The van der Waals surface area contributed by atoms with E-state index < -0.39 is 10.8 Å². The number of hydrogen-bond donors (Lipinski definition) is 1. The van der Waals surface area contributed by atoms with Crippen molar-refractivity contribution in [3.8, 4) is 0 Å². The molecule has 1 N–H and O–H groups in total. The van der Waals surface area contributed by atoms with E-state index in [9.17, 15) is 9.00 Å². The highest BCUT2D eigenvalue weighted by atomic mass is 35.5. The number of carbonyl (C=O) groups is 1. The van der Waals surface area contributed by atoms with Crippen LogP contribution in [0.2, 0.25) is 5.02 Å². The molecule has 1 aromatic carbocycles. The molecule has 2 aromatic rings. The van der Waals surface area contributed by atoms with Gasteiger partial charge in [0.05, 0.1) is 16.5 Å². The van der Waals surface area contributed by atoms with E-state index in [-0.39, 0.29) is 12.0 Å². The van der Waals surface area contributed by atoms with Crippen LogP contribution in [0, 0.1) is 0 Å². The molecule has 1 amide bonds. The first-order valence-corrected chi connectivity index (χ1v) is 14.2. The van der Waals surface area contributed by atoms with Crippen LogP contribution in [0.4, 0.5) is 17.5 Å². The Kier molecular flexibility index (Phi) is 6.57. The molecule has 2 atom stereocenters. The molecule has 190 valence electrons. The number of aryl methyl sites for hydroxylation is 1. The maximum absolute atomic E-state index is 12.8. The number of halogens is 1. The Bertz CT molecular complexity index is 1210. The van der Waals surface area contributed by atoms with Crippen molar-refractivity contribution in [2.24, 2.45) is 0 Å². The van der Waals surface area contributed by atoms with Crippen LogP contribution < -0.4 is 15.1 Å². The molecular formula is C25H29ClN6O3S. The topological polar surface area (TPSA) is 90.9 Å². The van der Waals surface area contributed by atoms with Crippen LogP contribution in [0.25, 0.3) is 0 Å². The lowest BCUT2D eigenvalue weighted by Gasteiger charge is -2.36. The first-order valence-electron chi connectivity index (χ1n) is 12.5. The molecule has 1 aromatic heterocycles. The van der Waals surface area contributed by atoms with Crippen molar-refractivity contribution in [2.75, 3.05) is 60.2 Å². The first kappa shape index (κ1) is 23.7. The number of rotatable bonds is 5. The van der Waals surface area contributed by atoms with Crippen molar-refractivity contribution >= 4 is 45.8 Å². The minimum Gasteiger partial charge on any atom is -0.368 e. The van der Waals surface area contributed by atoms with E-state index in [1.807, 2.05) is 30.5 Å². The molecule has 4 aliphatic heterocycles. The Morgan fingerprint density at radius 3 is 2.58 bits per heavy atom. The van der Waals surface area contributed by atoms with Gasteiger partial charge in [-0.1, -0.05) is 11.6 Å². The van der Waals surface area contributed by atoms with Gasteiger partial charge < -0.3 is 24.8 Å². The van der Waals surface area contributed by atoms with Gasteiger partial charge in [-0.05, 0) is 37.1 Å². The highest BCUT2D eigenvalue weighted by Crippen LogP contribution is 2.32. The van der Waals surface area contributed by atoms with E-state index >= 15 is 0 Å². The van der Waals surface area contributed by atoms with Crippen molar-refractivity contribution in [3.05, 3.63) is 46.9 Å². The second-order valence-electron chi connectivity index (χ2n) is 9.46. The van der Waals surface area contributed by atoms with Gasteiger partial charge in [0, 0.05) is 80.5 Å². The molecule has 1 unspecified atom stereocenters. The third kappa shape index (κ3) is 4.69. The lowest BCUT2D eigenvalue weighted by molar-refractivity contribution is -0.137. The van der Waals surface area contributed by atoms with Crippen LogP contribution in [-0.4, -0.2) is 76.2 Å². The number of ether oxygens (including phenoxy) is 1. The molecule has 2 fully saturated rings. The Morgan fingerprint density at radius 1 is 1.06 bits per heavy atom. The average molecular weight is 529 g/mol. The van der Waals surface area contributed by atoms with Crippen LogP contribution in [-0.2, 0) is 26.8 Å². The standard InChI is InChI=1S/C25H29ClN6O3S/c26-17-3-5-19(6-4-17)30-10-12-31(13-11-30)25-28-20-8-15-36(34)22(20)23(29-25)27-18-7-9-32(16-18)24(33)21-2-1-14-35-21/h3-6,16,21H,1-2,7-15H2,(H,27,28,29)/t21-,36?/m1/s1. The zero-order valence-corrected chi connectivity index (χ0v) is 21.6. The number of piperazine rings is 1. The van der Waals surface area contributed by atoms with Crippen molar-refractivity contribution in [1.29, 1.82) is 0 Å². The van der Waals surface area contributed by atoms with Crippen LogP contribution in [0.1, 0.15) is 25.0 Å². The van der Waals surface area contributed by atoms with Crippen LogP contribution in [0.3, 0.4) is 0 Å². The highest BCUT2D eigenvalue weighted by molar-refractivity contribution is 7.85. The van der Waals surface area contributed by atoms with Crippen LogP contribution in [0.15, 0.2) is 41.1 Å². The minimum absolute atomic E-state index is 0.0139. The minimum atomic E-state index is -1.13. The van der Waals surface area contributed by atoms with Gasteiger partial charge >= 0.3 is 0 Å². The number of hydrogen-bond acceptors (Lipinski definition) is 8. The fourth-order valence-corrected chi connectivity index (χ4v) is 6.59. The van der Waals surface area contributed by atoms with Gasteiger partial charge in [-0.25, -0.2) is 4.98 Å². The molecule has 0 saturated carbocycles. The second-order valence-corrected chi connectivity index (χ2v) is 11.4. The predicted octanol–water partition coefficient (Wildman–Crippen LogP) is 2.78. The van der Waals surface area contributed by atoms with E-state index in [2.05, 4.69) is 15.1 Å². The molecule has 9 nitrogen and oxygen atoms in total. The van der Waals surface area contributed by atoms with Gasteiger partial charge in [-0.3, -0.25) is 9.00 Å². The number of fused-ring (bicyclic) bond motifs is 1. The van der Waals surface area contributed by atoms with Gasteiger partial charge in [-0.2, -0.15) is 4.98 Å². The molecule has 36 heavy (non-hydrogen) atoms. The number of anilines is 3. The fourth-order valence-electron chi connectivity index (χ4n) is 5.16. The summed E-state index contributed by atoms with van der Waals surface area (Å²) in [6.07, 6.45) is 4.59. The van der Waals surface area contributed by atoms with Crippen molar-refractivity contribution in [3.63, 3.8) is 0 Å². The van der Waals surface area contributed by atoms with E-state index in [4.69, 9.17) is 26.3 Å². The normalized spacial score (nSPS) is 23.7. The zero-order valence-electron chi connectivity index (χ0n) is 20.0. The zero-order chi connectivity index (χ0) is 24.6. The van der Waals surface area contributed by atoms with Crippen molar-refractivity contribution in [1.82, 2.24) is 14.9 Å². The Morgan fingerprint density at radius 2 is 1.83 bits per heavy atom. The van der Waals surface area contributed by atoms with E-state index in [1.165, 1.54) is 0 Å². The number of aromatic nitrogens is 2. The van der Waals surface area contributed by atoms with Gasteiger partial charge in [-0.15, -0.1) is 0 Å². The summed E-state index contributed by atoms with van der Waals surface area (Å²) in [6.45, 7) is 4.53. The molecule has 0 radical (unpaired) electrons. The van der Waals surface area contributed by atoms with Gasteiger partial charge in [0.25, 0.3) is 5.91 Å². The van der Waals surface area contributed by atoms with E-state index in [0.717, 1.165) is 61.1 Å². The average Bonchev–Trinajstić information content (AvgIpc) is 3.66. The monoisotopic (exact) mass is 528 g/mol. The lowest BCUT2D eigenvalue weighted by atomic mass is 10.2. The fraction of sp³-hybridized carbons (Fsp3) is 0.480. The predicted molar refractivity (Wildman–Crippen MR) is 140 cm³/mol. The molecule has 0 spiro atoms. The molecule has 4 aliphatic rings. The number of carbonyl (C=O) groups excluding carboxylic acids is 1. The molecular weight excluding hydrogens is 500 g/mol. The van der Waals surface area contributed by atoms with Crippen molar-refractivity contribution < 1.29 is 13.7 Å². The second kappa shape index (κ2) is 9.99. The number of nitrogens with zero attached hydrogens (tertiary/aromatic N) is 5. The maximum Gasteiger partial charge on any atom is 0.255 e. The first-order chi connectivity index (χ1) is 17.5. The SMILES string of the molecule is O=C([C@H]1CCCO1)N1C=C(Nc2nc(N3CCN(c4ccc(Cl)cc4)CC3)nc3c2S(=O)CC3)CC1. The summed E-state index contributed by atoms with van der Waals surface area (Å²) in [5, 5.41) is 4.13. The van der Waals surface area contributed by atoms with Gasteiger partial charge in [0.1, 0.15) is 11.0 Å². The summed E-state index contributed by atoms with van der Waals surface area (Å²) in [5.41, 5.74) is 2.90. The maximum atomic E-state index is 12.8. The van der Waals surface area contributed by atoms with Crippen LogP contribution >= 0.6 is 11.6 Å². The van der Waals surface area contributed by atoms with Crippen LogP contribution in [0.5, 0.6) is 0 Å². The number of benzene rings is 1. The third-order valence-corrected chi connectivity index (χ3v) is 8.84. The molecule has 11 heteroatoms. The number of amides is 1. The summed E-state index contributed by atoms with van der Waals surface area (Å²) in [5.74, 6) is 1.84. The Labute approximate surface area is 217 Å². The highest BCUT2D eigenvalue weighted by Gasteiger charge is 2.32. The summed E-state index contributed by atoms with van der Waals surface area (Å²) >= 11 is 6.04. The molecule has 6 rings (SSSR count). The smallest absolute Gasteiger partial charge is 0.255 e. The van der Waals surface area contributed by atoms with Gasteiger partial charge in [0.2, 0.25) is 5.95 Å². The largest absolute Gasteiger partial charge is 0.368 e. The van der Waals surface area contributed by atoms with Gasteiger partial charge in [0.15, 0.2) is 5.82 Å². The quantitative estimate of drug-likeness (QED) is 0.633. The summed E-state index contributed by atoms with van der Waals surface area (Å²) < 4.78 is 18.3. The van der Waals surface area contributed by atoms with Crippen molar-refractivity contribution in [2.45, 2.75) is 36.7 Å². The Balaban J connectivity index is 1.19. The molecule has 2 saturated heterocycles. The summed E-state index contributed by atoms with van der Waals surface area (Å²) in [7, 11) is -1.13. The molecule has 5 heterocycles. The summed E-state index contributed by atoms with van der Waals surface area (Å²) in [4.78, 5) is 29.3. The number of nitrogens with one attached hydrogen (secondary N) is 1. The molecule has 0 bridgehead atoms. The summed E-state index contributed by atoms with van der Waals surface area (Å²) in [6, 6.07) is 7.92. The Hall–Kier alpha value is -2.69. The van der Waals surface area contributed by atoms with E-state index in [1.54, 1.807) is 4.90 Å². The third-order valence-electron chi connectivity index (χ3n) is 7.13. The lowest BCUT2D eigenvalue weighted by Crippen LogP contribution is -2.47.